The van der Waals surface area contributed by atoms with Gasteiger partial charge in [-0.2, -0.15) is 0 Å². The number of para-hydroxylation sites is 1. The van der Waals surface area contributed by atoms with Gasteiger partial charge in [-0.15, -0.1) is 11.3 Å². The van der Waals surface area contributed by atoms with Crippen molar-refractivity contribution < 1.29 is 24.2 Å². The Morgan fingerprint density at radius 2 is 1.90 bits per heavy atom. The van der Waals surface area contributed by atoms with Crippen LogP contribution >= 0.6 is 34.5 Å². The topological polar surface area (TPSA) is 97.8 Å². The molecule has 0 unspecified atom stereocenters. The molecule has 0 spiro atoms. The van der Waals surface area contributed by atoms with Crippen molar-refractivity contribution in [2.24, 2.45) is 0 Å². The summed E-state index contributed by atoms with van der Waals surface area (Å²) in [5.74, 6) is -0.849. The molecule has 3 rings (SSSR count). The monoisotopic (exact) mass is 590 g/mol. The Kier molecular flexibility index (Phi) is 11.4. The first-order chi connectivity index (χ1) is 18.7. The number of hydrogen-bond donors (Lipinski definition) is 2. The predicted octanol–water partition coefficient (Wildman–Crippen LogP) is 8.52. The number of rotatable bonds is 13. The van der Waals surface area contributed by atoms with Crippen molar-refractivity contribution in [3.05, 3.63) is 68.0 Å². The number of carboxylic acid groups (broad SMARTS) is 1. The second kappa shape index (κ2) is 14.5. The Bertz CT molecular complexity index is 1330. The number of thiazole rings is 1. The van der Waals surface area contributed by atoms with Gasteiger partial charge < -0.3 is 14.6 Å². The van der Waals surface area contributed by atoms with E-state index < -0.39 is 11.9 Å². The number of ether oxygens (including phenoxy) is 2. The quantitative estimate of drug-likeness (QED) is 0.153. The highest BCUT2D eigenvalue weighted by atomic mass is 35.5. The molecule has 0 aliphatic rings. The minimum absolute atomic E-state index is 0.0352. The number of unbranched alkanes of at least 4 members (excludes halogenated alkanes) is 3. The van der Waals surface area contributed by atoms with E-state index in [-0.39, 0.29) is 21.7 Å². The van der Waals surface area contributed by atoms with Gasteiger partial charge in [0.25, 0.3) is 5.91 Å². The molecule has 0 fully saturated rings. The van der Waals surface area contributed by atoms with E-state index in [0.717, 1.165) is 24.0 Å². The third-order valence-electron chi connectivity index (χ3n) is 6.10. The van der Waals surface area contributed by atoms with Gasteiger partial charge >= 0.3 is 5.97 Å². The number of amides is 1. The minimum atomic E-state index is -1.14. The lowest BCUT2D eigenvalue weighted by atomic mass is 10.0. The van der Waals surface area contributed by atoms with Crippen molar-refractivity contribution in [1.82, 2.24) is 4.98 Å². The average molecular weight is 592 g/mol. The summed E-state index contributed by atoms with van der Waals surface area (Å²) < 4.78 is 11.8. The number of carbonyl (C=O) groups excluding carboxylic acids is 1. The van der Waals surface area contributed by atoms with Crippen LogP contribution in [0, 0.1) is 0 Å². The number of aromatic carboxylic acids is 1. The predicted molar refractivity (Wildman–Crippen MR) is 158 cm³/mol. The molecule has 1 heterocycles. The number of methoxy groups -OCH3 is 1. The van der Waals surface area contributed by atoms with E-state index in [0.29, 0.717) is 34.3 Å². The summed E-state index contributed by atoms with van der Waals surface area (Å²) >= 11 is 13.7. The van der Waals surface area contributed by atoms with E-state index in [1.165, 1.54) is 42.4 Å². The van der Waals surface area contributed by atoms with Gasteiger partial charge in [0.2, 0.25) is 0 Å². The van der Waals surface area contributed by atoms with Gasteiger partial charge in [-0.1, -0.05) is 61.5 Å². The Labute approximate surface area is 242 Å². The lowest BCUT2D eigenvalue weighted by Crippen LogP contribution is -2.12. The third-order valence-corrected chi connectivity index (χ3v) is 7.48. The van der Waals surface area contributed by atoms with Gasteiger partial charge in [0, 0.05) is 34.3 Å². The molecule has 0 bridgehead atoms. The van der Waals surface area contributed by atoms with Crippen molar-refractivity contribution in [1.29, 1.82) is 0 Å². The minimum Gasteiger partial charge on any atom is -0.496 e. The molecule has 0 radical (unpaired) electrons. The van der Waals surface area contributed by atoms with Crippen molar-refractivity contribution in [3.63, 3.8) is 0 Å². The molecule has 2 aromatic carbocycles. The molecule has 1 amide bonds. The number of nitrogens with one attached hydrogen (secondary N) is 1. The molecule has 10 heteroatoms. The van der Waals surface area contributed by atoms with Gasteiger partial charge in [-0.05, 0) is 44.5 Å². The van der Waals surface area contributed by atoms with Crippen LogP contribution in [0.4, 0.5) is 5.13 Å². The number of carboxylic acids is 1. The van der Waals surface area contributed by atoms with Crippen LogP contribution in [-0.2, 0) is 9.53 Å². The smallest absolute Gasteiger partial charge is 0.335 e. The average Bonchev–Trinajstić information content (AvgIpc) is 3.37. The number of aromatic nitrogens is 1. The fourth-order valence-electron chi connectivity index (χ4n) is 3.96. The zero-order chi connectivity index (χ0) is 28.5. The summed E-state index contributed by atoms with van der Waals surface area (Å²) in [6, 6.07) is 8.44. The molecule has 0 saturated heterocycles. The maximum atomic E-state index is 12.9. The largest absolute Gasteiger partial charge is 0.496 e. The Hall–Kier alpha value is -2.91. The van der Waals surface area contributed by atoms with Crippen LogP contribution < -0.4 is 10.1 Å². The number of nitrogens with zero attached hydrogens (tertiary/aromatic N) is 1. The van der Waals surface area contributed by atoms with Crippen molar-refractivity contribution in [2.45, 2.75) is 52.6 Å². The highest BCUT2D eigenvalue weighted by Crippen LogP contribution is 2.38. The first-order valence-electron chi connectivity index (χ1n) is 12.6. The molecular formula is C29H32Cl2N2O5S. The van der Waals surface area contributed by atoms with Gasteiger partial charge in [0.15, 0.2) is 5.13 Å². The van der Waals surface area contributed by atoms with Crippen LogP contribution in [0.25, 0.3) is 17.3 Å². The van der Waals surface area contributed by atoms with Crippen LogP contribution in [0.5, 0.6) is 5.75 Å². The molecule has 39 heavy (non-hydrogen) atoms. The lowest BCUT2D eigenvalue weighted by Gasteiger charge is -2.18. The first kappa shape index (κ1) is 30.6. The molecule has 1 atom stereocenters. The number of halogens is 2. The Balaban J connectivity index is 1.75. The zero-order valence-electron chi connectivity index (χ0n) is 22.3. The fraction of sp³-hybridized carbons (Fsp3) is 0.345. The van der Waals surface area contributed by atoms with Crippen LogP contribution in [0.2, 0.25) is 10.0 Å². The number of benzene rings is 2. The van der Waals surface area contributed by atoms with E-state index in [1.54, 1.807) is 14.0 Å². The number of anilines is 1. The van der Waals surface area contributed by atoms with Gasteiger partial charge in [-0.25, -0.2) is 9.78 Å². The first-order valence-corrected chi connectivity index (χ1v) is 14.3. The van der Waals surface area contributed by atoms with Crippen LogP contribution in [0.15, 0.2) is 41.3 Å². The summed E-state index contributed by atoms with van der Waals surface area (Å²) in [6.07, 6.45) is 5.93. The van der Waals surface area contributed by atoms with Gasteiger partial charge in [-0.3, -0.25) is 10.1 Å². The van der Waals surface area contributed by atoms with Gasteiger partial charge in [0.05, 0.1) is 34.5 Å². The molecule has 7 nitrogen and oxygen atoms in total. The lowest BCUT2D eigenvalue weighted by molar-refractivity contribution is -0.112. The second-order valence-electron chi connectivity index (χ2n) is 8.98. The summed E-state index contributed by atoms with van der Waals surface area (Å²) in [4.78, 5) is 28.7. The van der Waals surface area contributed by atoms with Crippen molar-refractivity contribution >= 4 is 57.6 Å². The van der Waals surface area contributed by atoms with E-state index in [9.17, 15) is 9.59 Å². The fourth-order valence-corrected chi connectivity index (χ4v) is 5.26. The van der Waals surface area contributed by atoms with Crippen LogP contribution in [0.3, 0.4) is 0 Å². The summed E-state index contributed by atoms with van der Waals surface area (Å²) in [5.41, 5.74) is 3.05. The summed E-state index contributed by atoms with van der Waals surface area (Å²) in [5, 5.41) is 14.5. The summed E-state index contributed by atoms with van der Waals surface area (Å²) in [7, 11) is 1.62. The Morgan fingerprint density at radius 3 is 2.54 bits per heavy atom. The molecular weight excluding hydrogens is 559 g/mol. The molecule has 3 aromatic rings. The molecule has 0 aliphatic carbocycles. The normalized spacial score (nSPS) is 12.3. The van der Waals surface area contributed by atoms with Gasteiger partial charge in [0.1, 0.15) is 5.75 Å². The maximum Gasteiger partial charge on any atom is 0.335 e. The highest BCUT2D eigenvalue weighted by Gasteiger charge is 2.19. The second-order valence-corrected chi connectivity index (χ2v) is 10.7. The number of carbonyl (C=O) groups is 2. The molecule has 1 aromatic heterocycles. The summed E-state index contributed by atoms with van der Waals surface area (Å²) in [6.45, 7) is 6.49. The van der Waals surface area contributed by atoms with Crippen LogP contribution in [0.1, 0.15) is 74.0 Å². The van der Waals surface area contributed by atoms with Crippen molar-refractivity contribution in [3.8, 4) is 17.0 Å². The Morgan fingerprint density at radius 1 is 1.18 bits per heavy atom. The van der Waals surface area contributed by atoms with E-state index in [2.05, 4.69) is 17.2 Å². The number of hydrogen-bond acceptors (Lipinski definition) is 6. The molecule has 208 valence electrons. The molecule has 0 aliphatic heterocycles. The van der Waals surface area contributed by atoms with E-state index >= 15 is 0 Å². The highest BCUT2D eigenvalue weighted by molar-refractivity contribution is 7.14. The molecule has 2 N–H and O–H groups in total. The van der Waals surface area contributed by atoms with Crippen LogP contribution in [-0.4, -0.2) is 35.7 Å². The SMILES string of the molecule is CCCCCCO[C@@H](C)c1cccc(-c2csc(NC(=O)/C(C)=C/c3c(Cl)cc(C(=O)O)cc3Cl)n2)c1OC. The van der Waals surface area contributed by atoms with Crippen molar-refractivity contribution in [2.75, 3.05) is 19.0 Å². The molecule has 0 saturated carbocycles. The maximum absolute atomic E-state index is 12.9. The third kappa shape index (κ3) is 8.05. The zero-order valence-corrected chi connectivity index (χ0v) is 24.7. The van der Waals surface area contributed by atoms with E-state index in [1.807, 2.05) is 30.5 Å². The standard InChI is InChI=1S/C29H32Cl2N2O5S/c1-5-6-7-8-12-38-18(3)20-10-9-11-21(26(20)37-4)25-16-39-29(32-25)33-27(34)17(2)13-22-23(30)14-19(28(35)36)15-24(22)31/h9-11,13-16,18H,5-8,12H2,1-4H3,(H,35,36)(H,32,33,34)/b17-13+/t18-/m0/s1. The van der Waals surface area contributed by atoms with E-state index in [4.69, 9.17) is 37.8 Å².